The zero-order valence-corrected chi connectivity index (χ0v) is 15.6. The van der Waals surface area contributed by atoms with Gasteiger partial charge in [0.05, 0.1) is 5.16 Å². The summed E-state index contributed by atoms with van der Waals surface area (Å²) in [5.74, 6) is 5.84. The van der Waals surface area contributed by atoms with E-state index in [9.17, 15) is 9.46 Å². The van der Waals surface area contributed by atoms with E-state index in [-0.39, 0.29) is 0 Å². The van der Waals surface area contributed by atoms with Crippen molar-refractivity contribution in [2.24, 2.45) is 5.90 Å². The molecule has 1 unspecified atom stereocenters. The second-order valence-electron chi connectivity index (χ2n) is 6.15. The first-order valence-electron chi connectivity index (χ1n) is 8.43. The van der Waals surface area contributed by atoms with Gasteiger partial charge in [-0.25, -0.2) is 10.5 Å². The fraction of sp³-hybridized carbons (Fsp3) is 0.368. The van der Waals surface area contributed by atoms with Crippen LogP contribution in [0.5, 0.6) is 5.75 Å². The summed E-state index contributed by atoms with van der Waals surface area (Å²) in [5.41, 5.74) is 2.05. The van der Waals surface area contributed by atoms with Gasteiger partial charge in [0, 0.05) is 0 Å². The Morgan fingerprint density at radius 2 is 1.60 bits per heavy atom. The third-order valence-electron chi connectivity index (χ3n) is 4.76. The maximum atomic E-state index is 12.4. The quantitative estimate of drug-likeness (QED) is 0.508. The average Bonchev–Trinajstić information content (AvgIpc) is 2.66. The van der Waals surface area contributed by atoms with Gasteiger partial charge in [0.25, 0.3) is 0 Å². The van der Waals surface area contributed by atoms with Gasteiger partial charge in [-0.3, -0.25) is 4.57 Å². The van der Waals surface area contributed by atoms with E-state index in [0.717, 1.165) is 16.9 Å². The van der Waals surface area contributed by atoms with Crippen molar-refractivity contribution in [3.05, 3.63) is 65.7 Å². The Balaban J connectivity index is 2.07. The van der Waals surface area contributed by atoms with E-state index in [1.165, 1.54) is 0 Å². The van der Waals surface area contributed by atoms with Crippen LogP contribution >= 0.6 is 7.60 Å². The largest absolute Gasteiger partial charge is 0.489 e. The molecule has 0 saturated heterocycles. The first-order chi connectivity index (χ1) is 12.0. The number of benzene rings is 2. The van der Waals surface area contributed by atoms with E-state index in [1.807, 2.05) is 68.4 Å². The van der Waals surface area contributed by atoms with Crippen LogP contribution in [-0.2, 0) is 22.2 Å². The van der Waals surface area contributed by atoms with Crippen molar-refractivity contribution in [1.82, 2.24) is 0 Å². The van der Waals surface area contributed by atoms with Crippen LogP contribution in [0.15, 0.2) is 54.6 Å². The Morgan fingerprint density at radius 1 is 1.00 bits per heavy atom. The van der Waals surface area contributed by atoms with E-state index in [4.69, 9.17) is 10.6 Å². The minimum absolute atomic E-state index is 0.421. The van der Waals surface area contributed by atoms with Crippen molar-refractivity contribution in [1.29, 1.82) is 0 Å². The topological polar surface area (TPSA) is 81.8 Å². The molecule has 0 fully saturated rings. The SMILES string of the molecule is CCC(CC)(Cc1ccc(OCc2ccccc2)cc1)P(=O)(O)ON. The molecule has 2 aromatic rings. The molecule has 0 aliphatic rings. The molecule has 3 N–H and O–H groups in total. The minimum Gasteiger partial charge on any atom is -0.489 e. The first-order valence-corrected chi connectivity index (χ1v) is 10.0. The molecule has 0 bridgehead atoms. The summed E-state index contributed by atoms with van der Waals surface area (Å²) in [5, 5.41) is -0.881. The Bertz CT molecular complexity index is 699. The minimum atomic E-state index is -3.90. The second-order valence-corrected chi connectivity index (χ2v) is 8.35. The third kappa shape index (κ3) is 4.71. The monoisotopic (exact) mass is 363 g/mol. The normalized spacial score (nSPS) is 14.1. The predicted molar refractivity (Wildman–Crippen MR) is 99.3 cm³/mol. The number of rotatable bonds is 9. The number of nitrogens with two attached hydrogens (primary N) is 1. The van der Waals surface area contributed by atoms with Crippen molar-refractivity contribution in [3.8, 4) is 5.75 Å². The van der Waals surface area contributed by atoms with Crippen molar-refractivity contribution in [2.45, 2.75) is 44.9 Å². The van der Waals surface area contributed by atoms with Gasteiger partial charge >= 0.3 is 7.60 Å². The van der Waals surface area contributed by atoms with Gasteiger partial charge in [0.2, 0.25) is 0 Å². The van der Waals surface area contributed by atoms with Crippen molar-refractivity contribution >= 4 is 7.60 Å². The summed E-state index contributed by atoms with van der Waals surface area (Å²) in [6, 6.07) is 17.5. The molecule has 0 aromatic heterocycles. The zero-order valence-electron chi connectivity index (χ0n) is 14.7. The summed E-state index contributed by atoms with van der Waals surface area (Å²) >= 11 is 0. The van der Waals surface area contributed by atoms with Crippen LogP contribution in [0.1, 0.15) is 37.8 Å². The molecule has 1 atom stereocenters. The highest BCUT2D eigenvalue weighted by Crippen LogP contribution is 2.59. The van der Waals surface area contributed by atoms with Crippen LogP contribution in [0.25, 0.3) is 0 Å². The van der Waals surface area contributed by atoms with E-state index in [1.54, 1.807) is 0 Å². The molecule has 136 valence electrons. The smallest absolute Gasteiger partial charge is 0.350 e. The molecule has 25 heavy (non-hydrogen) atoms. The lowest BCUT2D eigenvalue weighted by molar-refractivity contribution is 0.232. The molecule has 0 saturated carbocycles. The lowest BCUT2D eigenvalue weighted by Gasteiger charge is -2.34. The summed E-state index contributed by atoms with van der Waals surface area (Å²) in [4.78, 5) is 10.1. The van der Waals surface area contributed by atoms with Gasteiger partial charge in [-0.2, -0.15) is 0 Å². The molecular weight excluding hydrogens is 337 g/mol. The second kappa shape index (κ2) is 8.63. The summed E-state index contributed by atoms with van der Waals surface area (Å²) < 4.78 is 22.6. The molecule has 2 rings (SSSR count). The van der Waals surface area contributed by atoms with E-state index < -0.39 is 12.8 Å². The molecule has 0 spiro atoms. The van der Waals surface area contributed by atoms with Crippen LogP contribution in [-0.4, -0.2) is 10.0 Å². The van der Waals surface area contributed by atoms with E-state index >= 15 is 0 Å². The molecule has 2 aromatic carbocycles. The van der Waals surface area contributed by atoms with Crippen LogP contribution in [0, 0.1) is 0 Å². The van der Waals surface area contributed by atoms with Crippen LogP contribution in [0.3, 0.4) is 0 Å². The van der Waals surface area contributed by atoms with Gasteiger partial charge < -0.3 is 9.63 Å². The van der Waals surface area contributed by atoms with E-state index in [2.05, 4.69) is 4.62 Å². The number of hydrogen-bond donors (Lipinski definition) is 2. The van der Waals surface area contributed by atoms with Gasteiger partial charge in [-0.05, 0) is 42.5 Å². The van der Waals surface area contributed by atoms with Crippen molar-refractivity contribution in [2.75, 3.05) is 0 Å². The summed E-state index contributed by atoms with van der Waals surface area (Å²) in [7, 11) is -3.90. The van der Waals surface area contributed by atoms with Crippen LogP contribution in [0.2, 0.25) is 0 Å². The van der Waals surface area contributed by atoms with Gasteiger partial charge in [0.15, 0.2) is 0 Å². The molecule has 0 aliphatic heterocycles. The summed E-state index contributed by atoms with van der Waals surface area (Å²) in [6.07, 6.45) is 1.42. The van der Waals surface area contributed by atoms with Gasteiger partial charge in [0.1, 0.15) is 12.4 Å². The lowest BCUT2D eigenvalue weighted by atomic mass is 9.93. The zero-order chi connectivity index (χ0) is 18.3. The van der Waals surface area contributed by atoms with Crippen LogP contribution in [0.4, 0.5) is 0 Å². The highest BCUT2D eigenvalue weighted by molar-refractivity contribution is 7.54. The molecule has 0 radical (unpaired) electrons. The van der Waals surface area contributed by atoms with E-state index in [0.29, 0.717) is 25.9 Å². The summed E-state index contributed by atoms with van der Waals surface area (Å²) in [6.45, 7) is 4.26. The fourth-order valence-electron chi connectivity index (χ4n) is 2.94. The van der Waals surface area contributed by atoms with Gasteiger partial charge in [-0.1, -0.05) is 56.3 Å². The highest BCUT2D eigenvalue weighted by atomic mass is 31.2. The molecule has 6 heteroatoms. The molecule has 5 nitrogen and oxygen atoms in total. The van der Waals surface area contributed by atoms with Crippen LogP contribution < -0.4 is 10.6 Å². The lowest BCUT2D eigenvalue weighted by Crippen LogP contribution is -2.32. The Morgan fingerprint density at radius 3 is 2.12 bits per heavy atom. The highest BCUT2D eigenvalue weighted by Gasteiger charge is 2.46. The van der Waals surface area contributed by atoms with Crippen molar-refractivity contribution in [3.63, 3.8) is 0 Å². The number of ether oxygens (including phenoxy) is 1. The Kier molecular flexibility index (Phi) is 6.79. The first kappa shape index (κ1) is 19.7. The van der Waals surface area contributed by atoms with Gasteiger partial charge in [-0.15, -0.1) is 0 Å². The molecular formula is C19H26NO4P. The third-order valence-corrected chi connectivity index (χ3v) is 7.04. The average molecular weight is 363 g/mol. The number of hydrogen-bond acceptors (Lipinski definition) is 4. The maximum Gasteiger partial charge on any atom is 0.350 e. The fourth-order valence-corrected chi connectivity index (χ4v) is 4.34. The predicted octanol–water partition coefficient (Wildman–Crippen LogP) is 4.44. The Labute approximate surface area is 149 Å². The van der Waals surface area contributed by atoms with Crippen molar-refractivity contribution < 1.29 is 18.8 Å². The molecule has 0 aliphatic carbocycles. The molecule has 0 heterocycles. The molecule has 0 amide bonds. The maximum absolute atomic E-state index is 12.4. The standard InChI is InChI=1S/C19H26NO4P/c1-3-19(4-2,25(21,22)24-20)14-16-10-12-18(13-11-16)23-15-17-8-6-5-7-9-17/h5-13H,3-4,14-15,20H2,1-2H3,(H,21,22). The Hall–Kier alpha value is -1.65.